The molecule has 1 saturated heterocycles. The summed E-state index contributed by atoms with van der Waals surface area (Å²) in [5.74, 6) is -0.947. The van der Waals surface area contributed by atoms with E-state index in [-0.39, 0.29) is 11.9 Å². The van der Waals surface area contributed by atoms with E-state index < -0.39 is 11.5 Å². The first-order chi connectivity index (χ1) is 9.52. The Morgan fingerprint density at radius 1 is 1.45 bits per heavy atom. The molecule has 2 atom stereocenters. The second kappa shape index (κ2) is 4.85. The van der Waals surface area contributed by atoms with Gasteiger partial charge in [-0.25, -0.2) is 4.39 Å². The number of fused-ring (bicyclic) bond motifs is 1. The highest BCUT2D eigenvalue weighted by Gasteiger charge is 2.46. The van der Waals surface area contributed by atoms with Crippen LogP contribution < -0.4 is 0 Å². The molecule has 0 aromatic heterocycles. The molecule has 2 aliphatic rings. The fourth-order valence-corrected chi connectivity index (χ4v) is 3.76. The summed E-state index contributed by atoms with van der Waals surface area (Å²) in [7, 11) is 0. The fourth-order valence-electron chi connectivity index (χ4n) is 3.76. The van der Waals surface area contributed by atoms with E-state index in [1.54, 1.807) is 6.07 Å². The summed E-state index contributed by atoms with van der Waals surface area (Å²) in [6.07, 6.45) is 4.42. The molecule has 3 rings (SSSR count). The molecule has 1 aliphatic heterocycles. The molecule has 1 aromatic rings. The largest absolute Gasteiger partial charge is 0.480 e. The van der Waals surface area contributed by atoms with Crippen LogP contribution in [0.2, 0.25) is 0 Å². The van der Waals surface area contributed by atoms with E-state index in [9.17, 15) is 14.3 Å². The van der Waals surface area contributed by atoms with Gasteiger partial charge in [0.15, 0.2) is 0 Å². The first kappa shape index (κ1) is 13.6. The minimum absolute atomic E-state index is 0.118. The molecule has 2 unspecified atom stereocenters. The molecular weight excluding hydrogens is 257 g/mol. The van der Waals surface area contributed by atoms with Crippen molar-refractivity contribution in [2.24, 2.45) is 0 Å². The van der Waals surface area contributed by atoms with E-state index in [4.69, 9.17) is 0 Å². The Kier molecular flexibility index (Phi) is 3.28. The summed E-state index contributed by atoms with van der Waals surface area (Å²) in [4.78, 5) is 13.8. The zero-order chi connectivity index (χ0) is 14.3. The summed E-state index contributed by atoms with van der Waals surface area (Å²) in [6, 6.07) is 5.03. The van der Waals surface area contributed by atoms with Gasteiger partial charge in [-0.2, -0.15) is 0 Å². The van der Waals surface area contributed by atoms with Crippen LogP contribution in [0, 0.1) is 5.82 Å². The van der Waals surface area contributed by atoms with Gasteiger partial charge in [-0.15, -0.1) is 0 Å². The highest BCUT2D eigenvalue weighted by atomic mass is 19.1. The third-order valence-corrected chi connectivity index (χ3v) is 4.93. The number of hydrogen-bond acceptors (Lipinski definition) is 2. The Hall–Kier alpha value is -1.42. The van der Waals surface area contributed by atoms with Crippen molar-refractivity contribution in [3.05, 3.63) is 35.1 Å². The molecular formula is C16H20FNO2. The van der Waals surface area contributed by atoms with Gasteiger partial charge in [0.2, 0.25) is 0 Å². The number of carboxylic acids is 1. The molecule has 1 aliphatic carbocycles. The molecule has 0 bridgehead atoms. The van der Waals surface area contributed by atoms with Gasteiger partial charge < -0.3 is 5.11 Å². The van der Waals surface area contributed by atoms with Gasteiger partial charge in [-0.3, -0.25) is 9.69 Å². The van der Waals surface area contributed by atoms with Crippen LogP contribution in [0.3, 0.4) is 0 Å². The minimum atomic E-state index is -0.793. The number of hydrogen-bond donors (Lipinski definition) is 1. The third-order valence-electron chi connectivity index (χ3n) is 4.93. The third kappa shape index (κ3) is 2.03. The highest BCUT2D eigenvalue weighted by Crippen LogP contribution is 2.42. The maximum absolute atomic E-state index is 13.3. The number of aliphatic carboxylic acids is 1. The van der Waals surface area contributed by atoms with Crippen LogP contribution in [-0.2, 0) is 11.2 Å². The average Bonchev–Trinajstić information content (AvgIpc) is 2.81. The number of rotatable bonds is 2. The van der Waals surface area contributed by atoms with Crippen molar-refractivity contribution in [2.75, 3.05) is 6.54 Å². The summed E-state index contributed by atoms with van der Waals surface area (Å²) in [5, 5.41) is 9.62. The average molecular weight is 277 g/mol. The van der Waals surface area contributed by atoms with Gasteiger partial charge in [-0.05, 0) is 68.8 Å². The van der Waals surface area contributed by atoms with Crippen molar-refractivity contribution >= 4 is 5.97 Å². The van der Waals surface area contributed by atoms with Crippen LogP contribution >= 0.6 is 0 Å². The molecule has 3 nitrogen and oxygen atoms in total. The lowest BCUT2D eigenvalue weighted by atomic mass is 9.86. The molecule has 4 heteroatoms. The zero-order valence-electron chi connectivity index (χ0n) is 11.7. The van der Waals surface area contributed by atoms with Gasteiger partial charge in [0.1, 0.15) is 11.4 Å². The molecule has 1 aromatic carbocycles. The lowest BCUT2D eigenvalue weighted by molar-refractivity contribution is -0.155. The summed E-state index contributed by atoms with van der Waals surface area (Å²) in [5.41, 5.74) is 1.35. The minimum Gasteiger partial charge on any atom is -0.480 e. The molecule has 108 valence electrons. The van der Waals surface area contributed by atoms with Crippen LogP contribution in [0.5, 0.6) is 0 Å². The quantitative estimate of drug-likeness (QED) is 0.902. The maximum atomic E-state index is 13.3. The highest BCUT2D eigenvalue weighted by molar-refractivity contribution is 5.78. The standard InChI is InChI=1S/C16H20FNO2/c1-16(15(19)20)8-2-3-9-18(16)14-7-4-11-10-12(17)5-6-13(11)14/h5-6,10,14H,2-4,7-9H2,1H3,(H,19,20). The van der Waals surface area contributed by atoms with Crippen molar-refractivity contribution in [1.82, 2.24) is 4.90 Å². The normalized spacial score (nSPS) is 30.2. The predicted octanol–water partition coefficient (Wildman–Crippen LogP) is 3.14. The Balaban J connectivity index is 1.95. The summed E-state index contributed by atoms with van der Waals surface area (Å²) < 4.78 is 13.3. The number of nitrogens with zero attached hydrogens (tertiary/aromatic N) is 1. The SMILES string of the molecule is CC1(C(=O)O)CCCCN1C1CCc2cc(F)ccc21. The molecule has 20 heavy (non-hydrogen) atoms. The maximum Gasteiger partial charge on any atom is 0.323 e. The smallest absolute Gasteiger partial charge is 0.323 e. The number of halogens is 1. The predicted molar refractivity (Wildman–Crippen MR) is 74.1 cm³/mol. The number of aryl methyl sites for hydroxylation is 1. The van der Waals surface area contributed by atoms with Crippen LogP contribution in [-0.4, -0.2) is 28.1 Å². The lowest BCUT2D eigenvalue weighted by Gasteiger charge is -2.45. The molecule has 1 heterocycles. The second-order valence-corrected chi connectivity index (χ2v) is 6.13. The molecule has 0 amide bonds. The number of carboxylic acid groups (broad SMARTS) is 1. The monoisotopic (exact) mass is 277 g/mol. The zero-order valence-corrected chi connectivity index (χ0v) is 11.7. The molecule has 1 fully saturated rings. The van der Waals surface area contributed by atoms with Gasteiger partial charge in [0.05, 0.1) is 0 Å². The molecule has 0 radical (unpaired) electrons. The van der Waals surface area contributed by atoms with Gasteiger partial charge >= 0.3 is 5.97 Å². The number of carbonyl (C=O) groups is 1. The van der Waals surface area contributed by atoms with Crippen LogP contribution in [0.25, 0.3) is 0 Å². The summed E-state index contributed by atoms with van der Waals surface area (Å²) in [6.45, 7) is 2.64. The molecule has 0 saturated carbocycles. The fraction of sp³-hybridized carbons (Fsp3) is 0.562. The van der Waals surface area contributed by atoms with Crippen molar-refractivity contribution in [1.29, 1.82) is 0 Å². The molecule has 0 spiro atoms. The summed E-state index contributed by atoms with van der Waals surface area (Å²) >= 11 is 0. The molecule has 1 N–H and O–H groups in total. The van der Waals surface area contributed by atoms with E-state index in [1.807, 2.05) is 13.0 Å². The topological polar surface area (TPSA) is 40.5 Å². The van der Waals surface area contributed by atoms with Crippen molar-refractivity contribution < 1.29 is 14.3 Å². The van der Waals surface area contributed by atoms with Crippen molar-refractivity contribution in [2.45, 2.75) is 50.6 Å². The van der Waals surface area contributed by atoms with Gasteiger partial charge in [0.25, 0.3) is 0 Å². The van der Waals surface area contributed by atoms with Crippen molar-refractivity contribution in [3.8, 4) is 0 Å². The number of likely N-dealkylation sites (tertiary alicyclic amines) is 1. The van der Waals surface area contributed by atoms with Crippen LogP contribution in [0.15, 0.2) is 18.2 Å². The Morgan fingerprint density at radius 2 is 2.25 bits per heavy atom. The van der Waals surface area contributed by atoms with Gasteiger partial charge in [0, 0.05) is 6.04 Å². The Morgan fingerprint density at radius 3 is 3.00 bits per heavy atom. The van der Waals surface area contributed by atoms with E-state index in [1.165, 1.54) is 6.07 Å². The first-order valence-corrected chi connectivity index (χ1v) is 7.31. The van der Waals surface area contributed by atoms with E-state index in [0.717, 1.165) is 43.4 Å². The second-order valence-electron chi connectivity index (χ2n) is 6.13. The van der Waals surface area contributed by atoms with E-state index in [0.29, 0.717) is 6.42 Å². The van der Waals surface area contributed by atoms with Crippen LogP contribution in [0.1, 0.15) is 49.8 Å². The van der Waals surface area contributed by atoms with E-state index >= 15 is 0 Å². The first-order valence-electron chi connectivity index (χ1n) is 7.31. The number of piperidine rings is 1. The van der Waals surface area contributed by atoms with Crippen LogP contribution in [0.4, 0.5) is 4.39 Å². The Labute approximate surface area is 118 Å². The number of benzene rings is 1. The lowest BCUT2D eigenvalue weighted by Crippen LogP contribution is -2.55. The van der Waals surface area contributed by atoms with Gasteiger partial charge in [-0.1, -0.05) is 6.07 Å². The van der Waals surface area contributed by atoms with Crippen molar-refractivity contribution in [3.63, 3.8) is 0 Å². The Bertz CT molecular complexity index is 545. The van der Waals surface area contributed by atoms with E-state index in [2.05, 4.69) is 4.90 Å².